The molecule has 1 atom stereocenters. The zero-order chi connectivity index (χ0) is 22.9. The zero-order valence-electron chi connectivity index (χ0n) is 18.4. The standard InChI is InChI=1S/C25H27N3O4/c1-17(2)23(28-24(29)21-12-4-5-13-22(21)31-3)25(30)27-18-10-8-11-20(15-18)32-16-19-9-6-7-14-26-19/h4-15,17,23H,16H2,1-3H3,(H,27,30)(H,28,29). The van der Waals surface area contributed by atoms with E-state index in [-0.39, 0.29) is 17.7 Å². The molecule has 0 saturated carbocycles. The molecule has 0 radical (unpaired) electrons. The summed E-state index contributed by atoms with van der Waals surface area (Å²) in [6.45, 7) is 4.07. The Bertz CT molecular complexity index is 1050. The summed E-state index contributed by atoms with van der Waals surface area (Å²) in [5, 5.41) is 5.69. The van der Waals surface area contributed by atoms with Crippen LogP contribution in [0.2, 0.25) is 0 Å². The Kier molecular flexibility index (Phi) is 7.80. The van der Waals surface area contributed by atoms with E-state index in [9.17, 15) is 9.59 Å². The van der Waals surface area contributed by atoms with Crippen LogP contribution in [0.4, 0.5) is 5.69 Å². The number of carbonyl (C=O) groups is 2. The average Bonchev–Trinajstić information content (AvgIpc) is 2.81. The predicted molar refractivity (Wildman–Crippen MR) is 123 cm³/mol. The molecule has 2 N–H and O–H groups in total. The van der Waals surface area contributed by atoms with Crippen LogP contribution >= 0.6 is 0 Å². The Morgan fingerprint density at radius 2 is 1.78 bits per heavy atom. The van der Waals surface area contributed by atoms with Crippen LogP contribution in [0.1, 0.15) is 29.9 Å². The van der Waals surface area contributed by atoms with E-state index < -0.39 is 6.04 Å². The van der Waals surface area contributed by atoms with E-state index in [1.54, 1.807) is 48.7 Å². The molecule has 1 heterocycles. The Labute approximate surface area is 187 Å². The second kappa shape index (κ2) is 10.9. The van der Waals surface area contributed by atoms with Gasteiger partial charge < -0.3 is 20.1 Å². The first-order valence-corrected chi connectivity index (χ1v) is 10.4. The minimum absolute atomic E-state index is 0.128. The Morgan fingerprint density at radius 3 is 2.50 bits per heavy atom. The molecule has 0 saturated heterocycles. The number of hydrogen-bond acceptors (Lipinski definition) is 5. The molecule has 0 bridgehead atoms. The summed E-state index contributed by atoms with van der Waals surface area (Å²) in [6.07, 6.45) is 1.71. The lowest BCUT2D eigenvalue weighted by atomic mass is 10.0. The molecule has 166 valence electrons. The lowest BCUT2D eigenvalue weighted by Gasteiger charge is -2.22. The minimum atomic E-state index is -0.731. The normalized spacial score (nSPS) is 11.5. The van der Waals surface area contributed by atoms with E-state index in [1.165, 1.54) is 7.11 Å². The predicted octanol–water partition coefficient (Wildman–Crippen LogP) is 4.06. The van der Waals surface area contributed by atoms with Crippen LogP contribution in [0.15, 0.2) is 72.9 Å². The van der Waals surface area contributed by atoms with Gasteiger partial charge in [-0.1, -0.05) is 38.1 Å². The number of methoxy groups -OCH3 is 1. The first-order valence-electron chi connectivity index (χ1n) is 10.4. The Hall–Kier alpha value is -3.87. The number of nitrogens with zero attached hydrogens (tertiary/aromatic N) is 1. The van der Waals surface area contributed by atoms with Gasteiger partial charge in [0.05, 0.1) is 18.4 Å². The van der Waals surface area contributed by atoms with Crippen LogP contribution in [0, 0.1) is 5.92 Å². The molecule has 32 heavy (non-hydrogen) atoms. The molecule has 1 aromatic heterocycles. The fourth-order valence-corrected chi connectivity index (χ4v) is 3.11. The third kappa shape index (κ3) is 6.07. The zero-order valence-corrected chi connectivity index (χ0v) is 18.4. The van der Waals surface area contributed by atoms with Gasteiger partial charge in [0.25, 0.3) is 5.91 Å². The summed E-state index contributed by atoms with van der Waals surface area (Å²) >= 11 is 0. The van der Waals surface area contributed by atoms with Crippen molar-refractivity contribution < 1.29 is 19.1 Å². The van der Waals surface area contributed by atoms with E-state index in [4.69, 9.17) is 9.47 Å². The minimum Gasteiger partial charge on any atom is -0.496 e. The molecule has 2 amide bonds. The maximum atomic E-state index is 13.0. The summed E-state index contributed by atoms with van der Waals surface area (Å²) < 4.78 is 11.0. The highest BCUT2D eigenvalue weighted by atomic mass is 16.5. The summed E-state index contributed by atoms with van der Waals surface area (Å²) in [7, 11) is 1.50. The lowest BCUT2D eigenvalue weighted by molar-refractivity contribution is -0.118. The average molecular weight is 434 g/mol. The number of hydrogen-bond donors (Lipinski definition) is 2. The van der Waals surface area contributed by atoms with Gasteiger partial charge in [-0.2, -0.15) is 0 Å². The van der Waals surface area contributed by atoms with Gasteiger partial charge in [-0.15, -0.1) is 0 Å². The number of para-hydroxylation sites is 1. The number of aromatic nitrogens is 1. The molecule has 3 aromatic rings. The number of nitrogens with one attached hydrogen (secondary N) is 2. The molecule has 3 rings (SSSR count). The van der Waals surface area contributed by atoms with E-state index in [0.717, 1.165) is 5.69 Å². The first kappa shape index (κ1) is 22.8. The van der Waals surface area contributed by atoms with E-state index in [1.807, 2.05) is 38.1 Å². The van der Waals surface area contributed by atoms with Gasteiger partial charge in [0.2, 0.25) is 5.91 Å². The highest BCUT2D eigenvalue weighted by molar-refractivity contribution is 6.02. The van der Waals surface area contributed by atoms with Crippen LogP contribution < -0.4 is 20.1 Å². The van der Waals surface area contributed by atoms with Crippen LogP contribution in [-0.4, -0.2) is 29.9 Å². The fraction of sp³-hybridized carbons (Fsp3) is 0.240. The van der Waals surface area contributed by atoms with Gasteiger partial charge in [-0.05, 0) is 42.3 Å². The second-order valence-corrected chi connectivity index (χ2v) is 7.52. The molecule has 7 heteroatoms. The van der Waals surface area contributed by atoms with Gasteiger partial charge in [-0.3, -0.25) is 14.6 Å². The number of benzene rings is 2. The van der Waals surface area contributed by atoms with Gasteiger partial charge in [-0.25, -0.2) is 0 Å². The number of rotatable bonds is 9. The lowest BCUT2D eigenvalue weighted by Crippen LogP contribution is -2.47. The molecule has 1 unspecified atom stereocenters. The van der Waals surface area contributed by atoms with Crippen molar-refractivity contribution in [3.8, 4) is 11.5 Å². The van der Waals surface area contributed by atoms with Crippen molar-refractivity contribution in [3.05, 3.63) is 84.2 Å². The fourth-order valence-electron chi connectivity index (χ4n) is 3.11. The maximum absolute atomic E-state index is 13.0. The van der Waals surface area contributed by atoms with Crippen molar-refractivity contribution in [2.24, 2.45) is 5.92 Å². The number of amides is 2. The molecule has 0 fully saturated rings. The number of pyridine rings is 1. The summed E-state index contributed by atoms with van der Waals surface area (Å²) in [5.41, 5.74) is 1.75. The summed E-state index contributed by atoms with van der Waals surface area (Å²) in [6, 6.07) is 18.9. The van der Waals surface area contributed by atoms with Crippen molar-refractivity contribution in [1.29, 1.82) is 0 Å². The van der Waals surface area contributed by atoms with E-state index >= 15 is 0 Å². The molecule has 0 aliphatic heterocycles. The molecule has 2 aromatic carbocycles. The smallest absolute Gasteiger partial charge is 0.255 e. The largest absolute Gasteiger partial charge is 0.496 e. The molecule has 0 spiro atoms. The van der Waals surface area contributed by atoms with Crippen molar-refractivity contribution in [3.63, 3.8) is 0 Å². The first-order chi connectivity index (χ1) is 15.5. The topological polar surface area (TPSA) is 89.5 Å². The van der Waals surface area contributed by atoms with Gasteiger partial charge in [0.1, 0.15) is 24.1 Å². The number of anilines is 1. The van der Waals surface area contributed by atoms with Crippen molar-refractivity contribution in [2.75, 3.05) is 12.4 Å². The number of carbonyl (C=O) groups excluding carboxylic acids is 2. The highest BCUT2D eigenvalue weighted by Crippen LogP contribution is 2.20. The molecule has 7 nitrogen and oxygen atoms in total. The van der Waals surface area contributed by atoms with Crippen LogP contribution in [0.3, 0.4) is 0 Å². The SMILES string of the molecule is COc1ccccc1C(=O)NC(C(=O)Nc1cccc(OCc2ccccn2)c1)C(C)C. The van der Waals surface area contributed by atoms with Crippen LogP contribution in [0.5, 0.6) is 11.5 Å². The molecular weight excluding hydrogens is 406 g/mol. The van der Waals surface area contributed by atoms with Crippen molar-refractivity contribution in [2.45, 2.75) is 26.5 Å². The van der Waals surface area contributed by atoms with E-state index in [0.29, 0.717) is 29.4 Å². The monoisotopic (exact) mass is 433 g/mol. The van der Waals surface area contributed by atoms with Gasteiger partial charge in [0, 0.05) is 18.0 Å². The third-order valence-electron chi connectivity index (χ3n) is 4.80. The van der Waals surface area contributed by atoms with Crippen LogP contribution in [0.25, 0.3) is 0 Å². The summed E-state index contributed by atoms with van der Waals surface area (Å²) in [5.74, 6) is 0.240. The Balaban J connectivity index is 1.66. The second-order valence-electron chi connectivity index (χ2n) is 7.52. The quantitative estimate of drug-likeness (QED) is 0.531. The van der Waals surface area contributed by atoms with E-state index in [2.05, 4.69) is 15.6 Å². The molecular formula is C25H27N3O4. The molecule has 0 aliphatic carbocycles. The van der Waals surface area contributed by atoms with Gasteiger partial charge >= 0.3 is 0 Å². The number of ether oxygens (including phenoxy) is 2. The maximum Gasteiger partial charge on any atom is 0.255 e. The van der Waals surface area contributed by atoms with Crippen molar-refractivity contribution >= 4 is 17.5 Å². The molecule has 0 aliphatic rings. The van der Waals surface area contributed by atoms with Gasteiger partial charge in [0.15, 0.2) is 0 Å². The summed E-state index contributed by atoms with van der Waals surface area (Å²) in [4.78, 5) is 30.0. The third-order valence-corrected chi connectivity index (χ3v) is 4.80. The highest BCUT2D eigenvalue weighted by Gasteiger charge is 2.26. The van der Waals surface area contributed by atoms with Crippen LogP contribution in [-0.2, 0) is 11.4 Å². The van der Waals surface area contributed by atoms with Crippen molar-refractivity contribution in [1.82, 2.24) is 10.3 Å². The Morgan fingerprint density at radius 1 is 1.00 bits per heavy atom.